The maximum Gasteiger partial charge on any atom is 0.247 e. The SMILES string of the molecule is CCOc1nc(N)nc2nc(-c3ccccc3)c(-c3ccccc3)nc12. The second-order valence-corrected chi connectivity index (χ2v) is 5.65. The van der Waals surface area contributed by atoms with E-state index in [-0.39, 0.29) is 5.95 Å². The number of ether oxygens (including phenoxy) is 1. The molecule has 0 atom stereocenters. The fraction of sp³-hybridized carbons (Fsp3) is 0.100. The summed E-state index contributed by atoms with van der Waals surface area (Å²) in [4.78, 5) is 18.0. The molecule has 4 aromatic rings. The highest BCUT2D eigenvalue weighted by Gasteiger charge is 2.17. The predicted molar refractivity (Wildman–Crippen MR) is 102 cm³/mol. The fourth-order valence-electron chi connectivity index (χ4n) is 2.77. The molecule has 0 aliphatic rings. The van der Waals surface area contributed by atoms with Crippen molar-refractivity contribution in [3.05, 3.63) is 60.7 Å². The van der Waals surface area contributed by atoms with E-state index in [1.165, 1.54) is 0 Å². The van der Waals surface area contributed by atoms with Crippen LogP contribution in [0.15, 0.2) is 60.7 Å². The van der Waals surface area contributed by atoms with Crippen LogP contribution in [0.4, 0.5) is 5.95 Å². The quantitative estimate of drug-likeness (QED) is 0.607. The smallest absolute Gasteiger partial charge is 0.247 e. The molecular weight excluding hydrogens is 326 g/mol. The highest BCUT2D eigenvalue weighted by atomic mass is 16.5. The lowest BCUT2D eigenvalue weighted by atomic mass is 10.0. The Labute approximate surface area is 150 Å². The van der Waals surface area contributed by atoms with Crippen molar-refractivity contribution in [2.45, 2.75) is 6.92 Å². The lowest BCUT2D eigenvalue weighted by Crippen LogP contribution is -2.05. The van der Waals surface area contributed by atoms with Crippen LogP contribution in [0.5, 0.6) is 5.88 Å². The lowest BCUT2D eigenvalue weighted by molar-refractivity contribution is 0.330. The van der Waals surface area contributed by atoms with Gasteiger partial charge in [0.1, 0.15) is 0 Å². The summed E-state index contributed by atoms with van der Waals surface area (Å²) in [6, 6.07) is 19.8. The number of anilines is 1. The average Bonchev–Trinajstić information content (AvgIpc) is 2.68. The molecule has 2 heterocycles. The first-order valence-electron chi connectivity index (χ1n) is 8.35. The summed E-state index contributed by atoms with van der Waals surface area (Å²) in [5.74, 6) is 0.459. The molecule has 0 bridgehead atoms. The first-order chi connectivity index (χ1) is 12.8. The van der Waals surface area contributed by atoms with Gasteiger partial charge in [0.05, 0.1) is 18.0 Å². The molecule has 0 radical (unpaired) electrons. The van der Waals surface area contributed by atoms with Crippen LogP contribution in [0.25, 0.3) is 33.7 Å². The molecule has 2 aromatic heterocycles. The number of fused-ring (bicyclic) bond motifs is 1. The van der Waals surface area contributed by atoms with Crippen molar-refractivity contribution >= 4 is 17.1 Å². The maximum absolute atomic E-state index is 5.82. The lowest BCUT2D eigenvalue weighted by Gasteiger charge is -2.12. The Morgan fingerprint density at radius 3 is 1.92 bits per heavy atom. The van der Waals surface area contributed by atoms with Crippen LogP contribution in [-0.2, 0) is 0 Å². The van der Waals surface area contributed by atoms with Crippen LogP contribution in [0.2, 0.25) is 0 Å². The normalized spacial score (nSPS) is 10.8. The molecule has 0 fully saturated rings. The van der Waals surface area contributed by atoms with Gasteiger partial charge in [-0.1, -0.05) is 60.7 Å². The number of benzene rings is 2. The first-order valence-corrected chi connectivity index (χ1v) is 8.35. The molecule has 0 aliphatic carbocycles. The molecule has 0 saturated heterocycles. The monoisotopic (exact) mass is 343 g/mol. The Bertz CT molecular complexity index is 1050. The summed E-state index contributed by atoms with van der Waals surface area (Å²) in [7, 11) is 0. The van der Waals surface area contributed by atoms with Gasteiger partial charge in [-0.2, -0.15) is 9.97 Å². The van der Waals surface area contributed by atoms with Crippen molar-refractivity contribution < 1.29 is 4.74 Å². The molecule has 0 unspecified atom stereocenters. The molecule has 6 heteroatoms. The van der Waals surface area contributed by atoms with Gasteiger partial charge >= 0.3 is 0 Å². The highest BCUT2D eigenvalue weighted by Crippen LogP contribution is 2.32. The standard InChI is InChI=1S/C20H17N5O/c1-2-26-19-17-18(24-20(21)25-19)23-16(14-11-7-4-8-12-14)15(22-17)13-9-5-3-6-10-13/h3-12H,2H2,1H3,(H2,21,23,24,25). The summed E-state index contributed by atoms with van der Waals surface area (Å²) in [6.07, 6.45) is 0. The molecule has 4 rings (SSSR count). The van der Waals surface area contributed by atoms with E-state index in [2.05, 4.69) is 9.97 Å². The van der Waals surface area contributed by atoms with Crippen LogP contribution < -0.4 is 10.5 Å². The number of aromatic nitrogens is 4. The van der Waals surface area contributed by atoms with Crippen molar-refractivity contribution in [3.63, 3.8) is 0 Å². The summed E-state index contributed by atoms with van der Waals surface area (Å²) in [5.41, 5.74) is 10.1. The van der Waals surface area contributed by atoms with Crippen LogP contribution in [0, 0.1) is 0 Å². The third-order valence-corrected chi connectivity index (χ3v) is 3.89. The van der Waals surface area contributed by atoms with Crippen molar-refractivity contribution in [2.24, 2.45) is 0 Å². The Balaban J connectivity index is 2.05. The Morgan fingerprint density at radius 1 is 0.769 bits per heavy atom. The van der Waals surface area contributed by atoms with Gasteiger partial charge in [-0.25, -0.2) is 9.97 Å². The Morgan fingerprint density at radius 2 is 1.35 bits per heavy atom. The van der Waals surface area contributed by atoms with Gasteiger partial charge < -0.3 is 10.5 Å². The van der Waals surface area contributed by atoms with E-state index >= 15 is 0 Å². The molecule has 0 aliphatic heterocycles. The molecular formula is C20H17N5O. The minimum absolute atomic E-state index is 0.113. The van der Waals surface area contributed by atoms with Gasteiger partial charge in [0.2, 0.25) is 11.8 Å². The molecule has 26 heavy (non-hydrogen) atoms. The zero-order valence-corrected chi connectivity index (χ0v) is 14.3. The van der Waals surface area contributed by atoms with Crippen LogP contribution in [0.1, 0.15) is 6.92 Å². The molecule has 6 nitrogen and oxygen atoms in total. The largest absolute Gasteiger partial charge is 0.476 e. The van der Waals surface area contributed by atoms with E-state index in [1.807, 2.05) is 67.6 Å². The van der Waals surface area contributed by atoms with Gasteiger partial charge in [0, 0.05) is 11.1 Å². The molecule has 0 amide bonds. The number of nitrogen functional groups attached to an aromatic ring is 1. The molecule has 128 valence electrons. The van der Waals surface area contributed by atoms with Crippen molar-refractivity contribution in [2.75, 3.05) is 12.3 Å². The van der Waals surface area contributed by atoms with E-state index in [0.29, 0.717) is 23.7 Å². The van der Waals surface area contributed by atoms with Crippen molar-refractivity contribution in [3.8, 4) is 28.4 Å². The van der Waals surface area contributed by atoms with E-state index in [4.69, 9.17) is 20.4 Å². The van der Waals surface area contributed by atoms with Crippen molar-refractivity contribution in [1.29, 1.82) is 0 Å². The Kier molecular flexibility index (Phi) is 4.15. The zero-order valence-electron chi connectivity index (χ0n) is 14.3. The summed E-state index contributed by atoms with van der Waals surface area (Å²) >= 11 is 0. The maximum atomic E-state index is 5.82. The topological polar surface area (TPSA) is 86.8 Å². The van der Waals surface area contributed by atoms with Gasteiger partial charge in [0.15, 0.2) is 11.2 Å². The zero-order chi connectivity index (χ0) is 17.9. The number of nitrogens with zero attached hydrogens (tertiary/aromatic N) is 4. The van der Waals surface area contributed by atoms with Crippen molar-refractivity contribution in [1.82, 2.24) is 19.9 Å². The van der Waals surface area contributed by atoms with E-state index in [9.17, 15) is 0 Å². The number of hydrogen-bond acceptors (Lipinski definition) is 6. The third kappa shape index (κ3) is 2.93. The summed E-state index contributed by atoms with van der Waals surface area (Å²) in [5, 5.41) is 0. The first kappa shape index (κ1) is 16.0. The van der Waals surface area contributed by atoms with Gasteiger partial charge in [-0.15, -0.1) is 0 Å². The minimum Gasteiger partial charge on any atom is -0.476 e. The van der Waals surface area contributed by atoms with E-state index in [1.54, 1.807) is 0 Å². The predicted octanol–water partition coefficient (Wildman–Crippen LogP) is 3.73. The van der Waals surface area contributed by atoms with Gasteiger partial charge in [-0.3, -0.25) is 0 Å². The van der Waals surface area contributed by atoms with Gasteiger partial charge in [0.25, 0.3) is 0 Å². The molecule has 0 saturated carbocycles. The van der Waals surface area contributed by atoms with Crippen LogP contribution >= 0.6 is 0 Å². The van der Waals surface area contributed by atoms with E-state index in [0.717, 1.165) is 22.5 Å². The van der Waals surface area contributed by atoms with E-state index < -0.39 is 0 Å². The molecule has 2 N–H and O–H groups in total. The third-order valence-electron chi connectivity index (χ3n) is 3.89. The van der Waals surface area contributed by atoms with Crippen LogP contribution in [0.3, 0.4) is 0 Å². The van der Waals surface area contributed by atoms with Gasteiger partial charge in [-0.05, 0) is 6.92 Å². The average molecular weight is 343 g/mol. The fourth-order valence-corrected chi connectivity index (χ4v) is 2.77. The number of hydrogen-bond donors (Lipinski definition) is 1. The second-order valence-electron chi connectivity index (χ2n) is 5.65. The molecule has 0 spiro atoms. The summed E-state index contributed by atoms with van der Waals surface area (Å²) < 4.78 is 5.60. The summed E-state index contributed by atoms with van der Waals surface area (Å²) in [6.45, 7) is 2.34. The second kappa shape index (κ2) is 6.76. The Hall–Kier alpha value is -3.54. The number of nitrogens with two attached hydrogens (primary N) is 1. The minimum atomic E-state index is 0.113. The molecule has 2 aromatic carbocycles. The highest BCUT2D eigenvalue weighted by molar-refractivity contribution is 5.87. The number of rotatable bonds is 4. The van der Waals surface area contributed by atoms with Crippen LogP contribution in [-0.4, -0.2) is 26.5 Å².